The van der Waals surface area contributed by atoms with E-state index in [4.69, 9.17) is 9.16 Å². The third kappa shape index (κ3) is 5.89. The minimum absolute atomic E-state index is 0.0774. The Kier molecular flexibility index (Phi) is 5.98. The molecule has 0 atom stereocenters. The van der Waals surface area contributed by atoms with Crippen LogP contribution >= 0.6 is 0 Å². The van der Waals surface area contributed by atoms with Crippen molar-refractivity contribution in [1.29, 1.82) is 0 Å². The highest BCUT2D eigenvalue weighted by atomic mass is 28.4. The van der Waals surface area contributed by atoms with E-state index in [1.165, 1.54) is 6.92 Å². The smallest absolute Gasteiger partial charge is 0.221 e. The fraction of sp³-hybridized carbons (Fsp3) is 0.562. The molecular formula is C16H27NO3Si. The van der Waals surface area contributed by atoms with Crippen LogP contribution in [0.5, 0.6) is 5.75 Å². The molecule has 1 aromatic rings. The molecule has 5 heteroatoms. The molecule has 0 saturated carbocycles. The first-order valence-corrected chi connectivity index (χ1v) is 10.2. The lowest BCUT2D eigenvalue weighted by Crippen LogP contribution is -2.41. The van der Waals surface area contributed by atoms with Gasteiger partial charge in [0.05, 0.1) is 6.61 Å². The van der Waals surface area contributed by atoms with Crippen molar-refractivity contribution in [2.24, 2.45) is 0 Å². The quantitative estimate of drug-likeness (QED) is 0.637. The molecule has 0 heterocycles. The lowest BCUT2D eigenvalue weighted by Gasteiger charge is -2.36. The van der Waals surface area contributed by atoms with Gasteiger partial charge in [-0.05, 0) is 42.4 Å². The number of amides is 1. The van der Waals surface area contributed by atoms with Crippen LogP contribution in [0.4, 0.5) is 5.69 Å². The van der Waals surface area contributed by atoms with Crippen LogP contribution < -0.4 is 10.1 Å². The van der Waals surface area contributed by atoms with E-state index in [-0.39, 0.29) is 10.9 Å². The predicted molar refractivity (Wildman–Crippen MR) is 89.4 cm³/mol. The van der Waals surface area contributed by atoms with Crippen LogP contribution in [-0.2, 0) is 9.22 Å². The molecule has 1 rings (SSSR count). The Bertz CT molecular complexity index is 463. The second-order valence-corrected chi connectivity index (χ2v) is 11.5. The topological polar surface area (TPSA) is 47.6 Å². The summed E-state index contributed by atoms with van der Waals surface area (Å²) in [5.41, 5.74) is 0.771. The molecule has 0 unspecified atom stereocenters. The number of hydrogen-bond donors (Lipinski definition) is 1. The van der Waals surface area contributed by atoms with Gasteiger partial charge in [0.2, 0.25) is 5.91 Å². The van der Waals surface area contributed by atoms with Crippen LogP contribution in [0.15, 0.2) is 24.3 Å². The molecule has 0 aliphatic rings. The molecule has 1 amide bonds. The molecule has 21 heavy (non-hydrogen) atoms. The third-order valence-electron chi connectivity index (χ3n) is 3.80. The van der Waals surface area contributed by atoms with Crippen molar-refractivity contribution in [1.82, 2.24) is 0 Å². The normalized spacial score (nSPS) is 12.1. The Hall–Kier alpha value is -1.33. The van der Waals surface area contributed by atoms with E-state index in [9.17, 15) is 4.79 Å². The SMILES string of the molecule is CC(=O)Nc1ccc(OCCO[Si](C)(C)C(C)(C)C)cc1. The minimum Gasteiger partial charge on any atom is -0.491 e. The number of carbonyl (C=O) groups is 1. The van der Waals surface area contributed by atoms with Crippen LogP contribution in [-0.4, -0.2) is 27.4 Å². The number of rotatable bonds is 6. The summed E-state index contributed by atoms with van der Waals surface area (Å²) in [7, 11) is -1.70. The molecule has 0 aromatic heterocycles. The average molecular weight is 309 g/mol. The second-order valence-electron chi connectivity index (χ2n) is 6.66. The molecule has 0 saturated heterocycles. The van der Waals surface area contributed by atoms with E-state index in [1.807, 2.05) is 24.3 Å². The molecule has 118 valence electrons. The van der Waals surface area contributed by atoms with Gasteiger partial charge in [0.15, 0.2) is 8.32 Å². The Morgan fingerprint density at radius 1 is 1.14 bits per heavy atom. The van der Waals surface area contributed by atoms with Gasteiger partial charge in [0.25, 0.3) is 0 Å². The van der Waals surface area contributed by atoms with Crippen LogP contribution in [0.1, 0.15) is 27.7 Å². The van der Waals surface area contributed by atoms with E-state index < -0.39 is 8.32 Å². The maximum absolute atomic E-state index is 10.9. The summed E-state index contributed by atoms with van der Waals surface area (Å²) in [6, 6.07) is 7.34. The van der Waals surface area contributed by atoms with Crippen molar-refractivity contribution in [2.75, 3.05) is 18.5 Å². The van der Waals surface area contributed by atoms with E-state index >= 15 is 0 Å². The van der Waals surface area contributed by atoms with Crippen LogP contribution in [0.2, 0.25) is 18.1 Å². The monoisotopic (exact) mass is 309 g/mol. The number of carbonyl (C=O) groups excluding carboxylic acids is 1. The maximum atomic E-state index is 10.9. The Morgan fingerprint density at radius 2 is 1.71 bits per heavy atom. The summed E-state index contributed by atoms with van der Waals surface area (Å²) < 4.78 is 11.7. The molecule has 0 bridgehead atoms. The van der Waals surface area contributed by atoms with Crippen LogP contribution in [0.3, 0.4) is 0 Å². The number of nitrogens with one attached hydrogen (secondary N) is 1. The van der Waals surface area contributed by atoms with E-state index in [0.29, 0.717) is 13.2 Å². The van der Waals surface area contributed by atoms with E-state index in [1.54, 1.807) is 0 Å². The summed E-state index contributed by atoms with van der Waals surface area (Å²) in [6.45, 7) is 13.8. The highest BCUT2D eigenvalue weighted by Gasteiger charge is 2.36. The third-order valence-corrected chi connectivity index (χ3v) is 8.33. The molecule has 1 N–H and O–H groups in total. The second kappa shape index (κ2) is 7.09. The Labute approximate surface area is 129 Å². The highest BCUT2D eigenvalue weighted by Crippen LogP contribution is 2.36. The van der Waals surface area contributed by atoms with Gasteiger partial charge >= 0.3 is 0 Å². The highest BCUT2D eigenvalue weighted by molar-refractivity contribution is 6.74. The standard InChI is InChI=1S/C16H27NO3Si/c1-13(18)17-14-7-9-15(10-8-14)19-11-12-20-21(5,6)16(2,3)4/h7-10H,11-12H2,1-6H3,(H,17,18). The molecule has 0 spiro atoms. The van der Waals surface area contributed by atoms with Gasteiger partial charge in [0, 0.05) is 12.6 Å². The molecule has 0 aliphatic carbocycles. The lowest BCUT2D eigenvalue weighted by atomic mass is 10.2. The summed E-state index contributed by atoms with van der Waals surface area (Å²) in [5, 5.41) is 2.94. The number of ether oxygens (including phenoxy) is 1. The fourth-order valence-electron chi connectivity index (χ4n) is 1.51. The lowest BCUT2D eigenvalue weighted by molar-refractivity contribution is -0.114. The first kappa shape index (κ1) is 17.7. The predicted octanol–water partition coefficient (Wildman–Crippen LogP) is 4.05. The zero-order valence-electron chi connectivity index (χ0n) is 13.9. The zero-order chi connectivity index (χ0) is 16.1. The summed E-state index contributed by atoms with van der Waals surface area (Å²) in [4.78, 5) is 10.9. The van der Waals surface area contributed by atoms with Crippen LogP contribution in [0.25, 0.3) is 0 Å². The van der Waals surface area contributed by atoms with Crippen LogP contribution in [0, 0.1) is 0 Å². The van der Waals surface area contributed by atoms with Crippen molar-refractivity contribution in [3.63, 3.8) is 0 Å². The van der Waals surface area contributed by atoms with Gasteiger partial charge in [0.1, 0.15) is 12.4 Å². The van der Waals surface area contributed by atoms with Crippen molar-refractivity contribution in [2.45, 2.75) is 45.8 Å². The van der Waals surface area contributed by atoms with Gasteiger partial charge < -0.3 is 14.5 Å². The first-order chi connectivity index (χ1) is 9.62. The number of benzene rings is 1. The molecule has 0 fully saturated rings. The molecule has 0 radical (unpaired) electrons. The van der Waals surface area contributed by atoms with Crippen molar-refractivity contribution < 1.29 is 14.0 Å². The summed E-state index contributed by atoms with van der Waals surface area (Å²) in [5.74, 6) is 0.703. The zero-order valence-corrected chi connectivity index (χ0v) is 14.9. The molecular weight excluding hydrogens is 282 g/mol. The average Bonchev–Trinajstić information content (AvgIpc) is 2.34. The van der Waals surface area contributed by atoms with Gasteiger partial charge in [-0.25, -0.2) is 0 Å². The van der Waals surface area contributed by atoms with E-state index in [2.05, 4.69) is 39.2 Å². The maximum Gasteiger partial charge on any atom is 0.221 e. The fourth-order valence-corrected chi connectivity index (χ4v) is 2.54. The molecule has 0 aliphatic heterocycles. The van der Waals surface area contributed by atoms with Gasteiger partial charge in [-0.15, -0.1) is 0 Å². The minimum atomic E-state index is -1.70. The summed E-state index contributed by atoms with van der Waals surface area (Å²) >= 11 is 0. The van der Waals surface area contributed by atoms with E-state index in [0.717, 1.165) is 11.4 Å². The van der Waals surface area contributed by atoms with Crippen molar-refractivity contribution in [3.8, 4) is 5.75 Å². The largest absolute Gasteiger partial charge is 0.491 e. The Balaban J connectivity index is 2.38. The van der Waals surface area contributed by atoms with Gasteiger partial charge in [-0.2, -0.15) is 0 Å². The molecule has 4 nitrogen and oxygen atoms in total. The summed E-state index contributed by atoms with van der Waals surface area (Å²) in [6.07, 6.45) is 0. The Morgan fingerprint density at radius 3 is 2.19 bits per heavy atom. The van der Waals surface area contributed by atoms with Gasteiger partial charge in [-0.1, -0.05) is 20.8 Å². The van der Waals surface area contributed by atoms with Crippen molar-refractivity contribution >= 4 is 19.9 Å². The van der Waals surface area contributed by atoms with Crippen molar-refractivity contribution in [3.05, 3.63) is 24.3 Å². The number of hydrogen-bond acceptors (Lipinski definition) is 3. The molecule has 1 aromatic carbocycles. The number of anilines is 1. The first-order valence-electron chi connectivity index (χ1n) is 7.26. The van der Waals surface area contributed by atoms with Gasteiger partial charge in [-0.3, -0.25) is 4.79 Å².